The van der Waals surface area contributed by atoms with Gasteiger partial charge in [-0.05, 0) is 150 Å². The Morgan fingerprint density at radius 1 is 0.380 bits per heavy atom. The van der Waals surface area contributed by atoms with Crippen LogP contribution in [0.3, 0.4) is 0 Å². The van der Waals surface area contributed by atoms with Crippen molar-refractivity contribution in [3.8, 4) is 34.4 Å². The number of aromatic amines is 1. The second-order valence-corrected chi connectivity index (χ2v) is 50.3. The number of fused-ring (bicyclic) bond motifs is 4. The van der Waals surface area contributed by atoms with Crippen molar-refractivity contribution in [1.29, 1.82) is 0 Å². The third-order valence-corrected chi connectivity index (χ3v) is 46.4. The molecule has 4 heterocycles. The predicted molar refractivity (Wildman–Crippen MR) is 366 cm³/mol. The summed E-state index contributed by atoms with van der Waals surface area (Å²) in [6.45, 7) is 73.3. The molecule has 4 rings (SSSR count). The van der Waals surface area contributed by atoms with Crippen LogP contribution in [0.2, 0.25) is 66.5 Å². The molecule has 0 saturated heterocycles. The third kappa shape index (κ3) is 12.2. The maximum Gasteiger partial charge on any atom is 0.146 e. The van der Waals surface area contributed by atoms with E-state index >= 15 is 0 Å². The monoisotopic (exact) mass is 1140 g/mol. The van der Waals surface area contributed by atoms with Crippen molar-refractivity contribution in [2.24, 2.45) is 9.98 Å². The van der Waals surface area contributed by atoms with Crippen molar-refractivity contribution in [2.45, 2.75) is 313 Å². The second kappa shape index (κ2) is 27.3. The highest BCUT2D eigenvalue weighted by Gasteiger charge is 2.46. The standard InChI is InChI=1S/C72H117N3Si4/c1-31-58-59(32-2)69-65(38-41-77(48(13)14,49(15)16)50(17)18)70-62(35-5)63(36-6)72(75-70)66(39-42-78(51(19)20,52(21)22)53(23)24)71-61(34-4)60(33-3)68(74-71)64(37-40-76(45(7)8,46(9)10)47(11)12)57(43-67(58)73-69)44-79(54(25)26,55(27)28)56(29)30/h43-56,73H,31-36H2,1-30H3/b57-44+,67-43-,68-64-,69-65?,72-66?. The summed E-state index contributed by atoms with van der Waals surface area (Å²) in [5.41, 5.74) is 38.2. The topological polar surface area (TPSA) is 40.5 Å². The van der Waals surface area contributed by atoms with Crippen molar-refractivity contribution in [3.63, 3.8) is 0 Å². The van der Waals surface area contributed by atoms with Crippen LogP contribution in [-0.4, -0.2) is 48.7 Å². The first-order valence-corrected chi connectivity index (χ1v) is 41.2. The molecule has 0 saturated carbocycles. The molecule has 0 amide bonds. The number of hydrogen-bond acceptors (Lipinski definition) is 2. The number of aliphatic imine (C=N–C) groups is 2. The molecular weight excluding hydrogens is 1020 g/mol. The molecule has 3 nitrogen and oxygen atoms in total. The van der Waals surface area contributed by atoms with E-state index in [1.807, 2.05) is 0 Å². The van der Waals surface area contributed by atoms with Gasteiger partial charge in [-0.15, -0.1) is 16.6 Å². The quantitative estimate of drug-likeness (QED) is 0.106. The van der Waals surface area contributed by atoms with E-state index < -0.39 is 32.3 Å². The molecule has 1 aromatic heterocycles. The van der Waals surface area contributed by atoms with Crippen molar-refractivity contribution >= 4 is 55.4 Å². The highest BCUT2D eigenvalue weighted by molar-refractivity contribution is 6.92. The minimum Gasteiger partial charge on any atom is -0.354 e. The van der Waals surface area contributed by atoms with E-state index in [1.54, 1.807) is 0 Å². The molecule has 0 spiro atoms. The third-order valence-electron chi connectivity index (χ3n) is 20.7. The van der Waals surface area contributed by atoms with Crippen LogP contribution in [0.15, 0.2) is 66.1 Å². The fourth-order valence-electron chi connectivity index (χ4n) is 16.8. The average Bonchev–Trinajstić information content (AvgIpc) is 4.06. The van der Waals surface area contributed by atoms with E-state index in [9.17, 15) is 0 Å². The Bertz CT molecular complexity index is 2870. The summed E-state index contributed by atoms with van der Waals surface area (Å²) in [7, 11) is -8.99. The maximum absolute atomic E-state index is 6.22. The second-order valence-electron chi connectivity index (χ2n) is 27.8. The molecule has 436 valence electrons. The Balaban J connectivity index is 2.81. The van der Waals surface area contributed by atoms with Gasteiger partial charge in [-0.3, -0.25) is 0 Å². The number of nitrogens with zero attached hydrogens (tertiary/aromatic N) is 2. The van der Waals surface area contributed by atoms with Gasteiger partial charge in [0.05, 0.1) is 53.0 Å². The van der Waals surface area contributed by atoms with Gasteiger partial charge in [0.25, 0.3) is 0 Å². The molecule has 3 aliphatic rings. The molecule has 0 unspecified atom stereocenters. The number of nitrogens with one attached hydrogen (secondary N) is 1. The summed E-state index contributed by atoms with van der Waals surface area (Å²) in [5.74, 6) is 12.7. The van der Waals surface area contributed by atoms with E-state index in [0.29, 0.717) is 66.5 Å². The molecule has 0 aromatic carbocycles. The van der Waals surface area contributed by atoms with Crippen LogP contribution < -0.4 is 10.7 Å². The Hall–Kier alpha value is -3.39. The first-order valence-electron chi connectivity index (χ1n) is 32.2. The highest BCUT2D eigenvalue weighted by atomic mass is 28.3. The fourth-order valence-corrected chi connectivity index (χ4v) is 38.2. The zero-order chi connectivity index (χ0) is 60.2. The summed E-state index contributed by atoms with van der Waals surface area (Å²) in [4.78, 5) is 16.6. The molecule has 1 N–H and O–H groups in total. The van der Waals surface area contributed by atoms with E-state index in [2.05, 4.69) is 259 Å². The van der Waals surface area contributed by atoms with Crippen molar-refractivity contribution in [2.75, 3.05) is 0 Å². The lowest BCUT2D eigenvalue weighted by atomic mass is 9.90. The minimum absolute atomic E-state index is 0.474. The van der Waals surface area contributed by atoms with Gasteiger partial charge in [-0.1, -0.05) is 231 Å². The van der Waals surface area contributed by atoms with Gasteiger partial charge in [-0.25, -0.2) is 9.98 Å². The average molecular weight is 1140 g/mol. The molecule has 1 aromatic rings. The van der Waals surface area contributed by atoms with E-state index in [4.69, 9.17) is 9.98 Å². The minimum atomic E-state index is -2.27. The molecule has 0 radical (unpaired) electrons. The molecule has 6 bridgehead atoms. The molecule has 0 aliphatic carbocycles. The van der Waals surface area contributed by atoms with Gasteiger partial charge in [0.1, 0.15) is 24.2 Å². The van der Waals surface area contributed by atoms with E-state index in [0.717, 1.165) is 83.4 Å². The molecular formula is C72H117N3Si4. The Morgan fingerprint density at radius 3 is 0.987 bits per heavy atom. The fraction of sp³-hybridized carbons (Fsp3) is 0.667. The van der Waals surface area contributed by atoms with E-state index in [-0.39, 0.29) is 0 Å². The lowest BCUT2D eigenvalue weighted by Gasteiger charge is -2.41. The lowest BCUT2D eigenvalue weighted by Crippen LogP contribution is -2.43. The van der Waals surface area contributed by atoms with Crippen LogP contribution in [0, 0.1) is 34.4 Å². The predicted octanol–water partition coefficient (Wildman–Crippen LogP) is 20.5. The largest absolute Gasteiger partial charge is 0.354 e. The SMILES string of the molecule is CCC1=C(CC)C2=C(C#C[Si](C(C)C)(C(C)C)C(C)C)C3=N\C(=C(C#C[Si](C(C)C)(C(C)C)C(C)C)/C(=C/[Si](C(C)C)(C(C)C)C(C)C)/C=c4\[nH]c(c(CC)c4CC)=C(C#C[Si](C(C)C)(C(C)C)C(C)C)C1=N2)C(CC)=C3CC. The summed E-state index contributed by atoms with van der Waals surface area (Å²) >= 11 is 0. The summed E-state index contributed by atoms with van der Waals surface area (Å²) in [6.07, 6.45) is 7.75. The van der Waals surface area contributed by atoms with Crippen molar-refractivity contribution in [1.82, 2.24) is 4.98 Å². The Labute approximate surface area is 492 Å². The van der Waals surface area contributed by atoms with Crippen molar-refractivity contribution < 1.29 is 0 Å². The first-order chi connectivity index (χ1) is 36.8. The zero-order valence-corrected chi connectivity index (χ0v) is 60.7. The molecule has 0 fully saturated rings. The highest BCUT2D eigenvalue weighted by Crippen LogP contribution is 2.48. The number of allylic oxidation sites excluding steroid dienone is 7. The van der Waals surface area contributed by atoms with Gasteiger partial charge in [0, 0.05) is 5.35 Å². The van der Waals surface area contributed by atoms with Gasteiger partial charge in [0.15, 0.2) is 0 Å². The first kappa shape index (κ1) is 68.1. The van der Waals surface area contributed by atoms with Crippen LogP contribution in [-0.2, 0) is 12.8 Å². The lowest BCUT2D eigenvalue weighted by molar-refractivity contribution is 0.832. The normalized spacial score (nSPS) is 18.0. The number of H-pyrrole nitrogens is 1. The smallest absolute Gasteiger partial charge is 0.146 e. The molecule has 0 atom stereocenters. The number of hydrogen-bond donors (Lipinski definition) is 1. The van der Waals surface area contributed by atoms with Crippen LogP contribution in [0.1, 0.15) is 245 Å². The Kier molecular flexibility index (Phi) is 23.6. The van der Waals surface area contributed by atoms with Crippen molar-refractivity contribution in [3.05, 3.63) is 77.9 Å². The number of aromatic nitrogens is 1. The van der Waals surface area contributed by atoms with Gasteiger partial charge in [0.2, 0.25) is 0 Å². The summed E-state index contributed by atoms with van der Waals surface area (Å²) in [5, 5.41) is 2.34. The van der Waals surface area contributed by atoms with Crippen LogP contribution >= 0.6 is 0 Å². The van der Waals surface area contributed by atoms with E-state index in [1.165, 1.54) is 44.3 Å². The maximum atomic E-state index is 6.22. The molecule has 7 heteroatoms. The van der Waals surface area contributed by atoms with Gasteiger partial charge >= 0.3 is 0 Å². The zero-order valence-electron chi connectivity index (χ0n) is 56.7. The van der Waals surface area contributed by atoms with Crippen LogP contribution in [0.25, 0.3) is 11.6 Å². The van der Waals surface area contributed by atoms with Gasteiger partial charge in [-0.2, -0.15) is 0 Å². The summed E-state index contributed by atoms with van der Waals surface area (Å²) in [6, 6.07) is 0. The number of rotatable bonds is 19. The van der Waals surface area contributed by atoms with Gasteiger partial charge < -0.3 is 4.98 Å². The van der Waals surface area contributed by atoms with Crippen LogP contribution in [0.5, 0.6) is 0 Å². The van der Waals surface area contributed by atoms with Crippen LogP contribution in [0.4, 0.5) is 0 Å². The summed E-state index contributed by atoms with van der Waals surface area (Å²) < 4.78 is 0. The Morgan fingerprint density at radius 2 is 0.684 bits per heavy atom. The molecule has 79 heavy (non-hydrogen) atoms. The molecule has 3 aliphatic heterocycles.